The van der Waals surface area contributed by atoms with Crippen molar-refractivity contribution in [2.75, 3.05) is 5.32 Å². The van der Waals surface area contributed by atoms with Crippen molar-refractivity contribution < 1.29 is 9.18 Å². The Morgan fingerprint density at radius 3 is 2.67 bits per heavy atom. The molecule has 0 saturated carbocycles. The molecule has 2 nitrogen and oxygen atoms in total. The molecule has 18 heavy (non-hydrogen) atoms. The average Bonchev–Trinajstić information content (AvgIpc) is 2.34. The number of rotatable bonds is 2. The number of anilines is 1. The fraction of sp³-hybridized carbons (Fsp3) is 0. The molecular formula is C13H8BrClFNO. The van der Waals surface area contributed by atoms with E-state index in [1.54, 1.807) is 24.3 Å². The van der Waals surface area contributed by atoms with E-state index in [1.807, 2.05) is 0 Å². The molecule has 92 valence electrons. The minimum Gasteiger partial charge on any atom is -0.322 e. The van der Waals surface area contributed by atoms with Crippen molar-refractivity contribution in [2.24, 2.45) is 0 Å². The van der Waals surface area contributed by atoms with Gasteiger partial charge in [0.25, 0.3) is 5.91 Å². The first kappa shape index (κ1) is 13.1. The highest BCUT2D eigenvalue weighted by atomic mass is 79.9. The van der Waals surface area contributed by atoms with E-state index in [1.165, 1.54) is 18.2 Å². The van der Waals surface area contributed by atoms with E-state index in [0.29, 0.717) is 20.7 Å². The molecular weight excluding hydrogens is 321 g/mol. The lowest BCUT2D eigenvalue weighted by Crippen LogP contribution is -2.11. The topological polar surface area (TPSA) is 29.1 Å². The van der Waals surface area contributed by atoms with E-state index in [4.69, 9.17) is 11.6 Å². The molecule has 1 amide bonds. The van der Waals surface area contributed by atoms with Crippen molar-refractivity contribution in [2.45, 2.75) is 0 Å². The van der Waals surface area contributed by atoms with Gasteiger partial charge in [0.1, 0.15) is 5.82 Å². The van der Waals surface area contributed by atoms with Crippen LogP contribution in [0.15, 0.2) is 46.9 Å². The van der Waals surface area contributed by atoms with Crippen LogP contribution in [-0.4, -0.2) is 5.91 Å². The second-order valence-corrected chi connectivity index (χ2v) is 4.88. The Morgan fingerprint density at radius 1 is 1.22 bits per heavy atom. The van der Waals surface area contributed by atoms with Crippen molar-refractivity contribution in [1.29, 1.82) is 0 Å². The second-order valence-electron chi connectivity index (χ2n) is 3.59. The molecule has 0 aromatic heterocycles. The van der Waals surface area contributed by atoms with E-state index in [0.717, 1.165) is 0 Å². The molecule has 0 unspecified atom stereocenters. The maximum atomic E-state index is 13.0. The van der Waals surface area contributed by atoms with Crippen molar-refractivity contribution >= 4 is 39.1 Å². The lowest BCUT2D eigenvalue weighted by Gasteiger charge is -2.06. The Hall–Kier alpha value is -1.39. The first-order valence-corrected chi connectivity index (χ1v) is 6.25. The number of hydrogen-bond acceptors (Lipinski definition) is 1. The molecule has 0 aliphatic heterocycles. The highest BCUT2D eigenvalue weighted by molar-refractivity contribution is 9.10. The summed E-state index contributed by atoms with van der Waals surface area (Å²) in [6.45, 7) is 0. The third kappa shape index (κ3) is 3.09. The molecule has 5 heteroatoms. The SMILES string of the molecule is O=C(Nc1ccc(F)c(Br)c1)c1cccc(Cl)c1. The van der Waals surface area contributed by atoms with Gasteiger partial charge in [-0.15, -0.1) is 0 Å². The Morgan fingerprint density at radius 2 is 2.00 bits per heavy atom. The van der Waals surface area contributed by atoms with Crippen LogP contribution in [-0.2, 0) is 0 Å². The lowest BCUT2D eigenvalue weighted by atomic mass is 10.2. The van der Waals surface area contributed by atoms with E-state index >= 15 is 0 Å². The van der Waals surface area contributed by atoms with Gasteiger partial charge in [-0.25, -0.2) is 4.39 Å². The van der Waals surface area contributed by atoms with Crippen LogP contribution in [0.3, 0.4) is 0 Å². The van der Waals surface area contributed by atoms with Crippen LogP contribution < -0.4 is 5.32 Å². The Bertz CT molecular complexity index is 603. The monoisotopic (exact) mass is 327 g/mol. The summed E-state index contributed by atoms with van der Waals surface area (Å²) < 4.78 is 13.3. The van der Waals surface area contributed by atoms with E-state index < -0.39 is 0 Å². The quantitative estimate of drug-likeness (QED) is 0.864. The van der Waals surface area contributed by atoms with Gasteiger partial charge in [-0.1, -0.05) is 17.7 Å². The number of carbonyl (C=O) groups is 1. The molecule has 0 bridgehead atoms. The zero-order valence-corrected chi connectivity index (χ0v) is 11.4. The Balaban J connectivity index is 2.18. The lowest BCUT2D eigenvalue weighted by molar-refractivity contribution is 0.102. The number of carbonyl (C=O) groups excluding carboxylic acids is 1. The molecule has 2 rings (SSSR count). The molecule has 0 heterocycles. The average molecular weight is 329 g/mol. The van der Waals surface area contributed by atoms with Gasteiger partial charge in [0.15, 0.2) is 0 Å². The standard InChI is InChI=1S/C13H8BrClFNO/c14-11-7-10(4-5-12(11)16)17-13(18)8-2-1-3-9(15)6-8/h1-7H,(H,17,18). The van der Waals surface area contributed by atoms with Crippen molar-refractivity contribution in [1.82, 2.24) is 0 Å². The summed E-state index contributed by atoms with van der Waals surface area (Å²) in [5.74, 6) is -0.674. The van der Waals surface area contributed by atoms with Crippen molar-refractivity contribution in [3.63, 3.8) is 0 Å². The third-order valence-electron chi connectivity index (χ3n) is 2.26. The molecule has 2 aromatic rings. The summed E-state index contributed by atoms with van der Waals surface area (Å²) in [6.07, 6.45) is 0. The highest BCUT2D eigenvalue weighted by Crippen LogP contribution is 2.20. The largest absolute Gasteiger partial charge is 0.322 e. The zero-order valence-electron chi connectivity index (χ0n) is 9.08. The first-order valence-electron chi connectivity index (χ1n) is 5.08. The summed E-state index contributed by atoms with van der Waals surface area (Å²) in [7, 11) is 0. The van der Waals surface area contributed by atoms with Gasteiger partial charge in [-0.05, 0) is 52.3 Å². The predicted molar refractivity (Wildman–Crippen MR) is 73.5 cm³/mol. The molecule has 0 fully saturated rings. The van der Waals surface area contributed by atoms with Gasteiger partial charge in [0.2, 0.25) is 0 Å². The Labute approximate surface area is 117 Å². The van der Waals surface area contributed by atoms with Crippen LogP contribution in [0.5, 0.6) is 0 Å². The molecule has 0 aliphatic carbocycles. The number of hydrogen-bond donors (Lipinski definition) is 1. The van der Waals surface area contributed by atoms with Crippen molar-refractivity contribution in [3.05, 3.63) is 63.3 Å². The summed E-state index contributed by atoms with van der Waals surface area (Å²) >= 11 is 8.86. The van der Waals surface area contributed by atoms with E-state index in [-0.39, 0.29) is 11.7 Å². The molecule has 2 aromatic carbocycles. The number of amides is 1. The minimum atomic E-state index is -0.379. The summed E-state index contributed by atoms with van der Waals surface area (Å²) in [4.78, 5) is 11.9. The highest BCUT2D eigenvalue weighted by Gasteiger charge is 2.07. The first-order chi connectivity index (χ1) is 8.56. The van der Waals surface area contributed by atoms with Crippen LogP contribution in [0.2, 0.25) is 5.02 Å². The third-order valence-corrected chi connectivity index (χ3v) is 3.11. The predicted octanol–water partition coefficient (Wildman–Crippen LogP) is 4.49. The van der Waals surface area contributed by atoms with Crippen LogP contribution in [0.4, 0.5) is 10.1 Å². The maximum Gasteiger partial charge on any atom is 0.255 e. The minimum absolute atomic E-state index is 0.295. The van der Waals surface area contributed by atoms with Gasteiger partial charge in [-0.3, -0.25) is 4.79 Å². The van der Waals surface area contributed by atoms with Crippen LogP contribution >= 0.6 is 27.5 Å². The van der Waals surface area contributed by atoms with Crippen LogP contribution in [0, 0.1) is 5.82 Å². The normalized spacial score (nSPS) is 10.2. The maximum absolute atomic E-state index is 13.0. The summed E-state index contributed by atoms with van der Waals surface area (Å²) in [6, 6.07) is 10.9. The van der Waals surface area contributed by atoms with Gasteiger partial charge >= 0.3 is 0 Å². The van der Waals surface area contributed by atoms with Gasteiger partial charge in [-0.2, -0.15) is 0 Å². The van der Waals surface area contributed by atoms with Gasteiger partial charge in [0, 0.05) is 16.3 Å². The Kier molecular flexibility index (Phi) is 3.99. The summed E-state index contributed by atoms with van der Waals surface area (Å²) in [5, 5.41) is 3.15. The number of benzene rings is 2. The smallest absolute Gasteiger partial charge is 0.255 e. The van der Waals surface area contributed by atoms with Crippen molar-refractivity contribution in [3.8, 4) is 0 Å². The molecule has 0 spiro atoms. The molecule has 0 atom stereocenters. The molecule has 0 radical (unpaired) electrons. The van der Waals surface area contributed by atoms with Gasteiger partial charge in [0.05, 0.1) is 4.47 Å². The van der Waals surface area contributed by atoms with E-state index in [2.05, 4.69) is 21.2 Å². The fourth-order valence-corrected chi connectivity index (χ4v) is 1.98. The number of nitrogens with one attached hydrogen (secondary N) is 1. The fourth-order valence-electron chi connectivity index (χ4n) is 1.41. The van der Waals surface area contributed by atoms with Crippen LogP contribution in [0.25, 0.3) is 0 Å². The zero-order chi connectivity index (χ0) is 13.1. The molecule has 0 saturated heterocycles. The van der Waals surface area contributed by atoms with E-state index in [9.17, 15) is 9.18 Å². The van der Waals surface area contributed by atoms with Crippen LogP contribution in [0.1, 0.15) is 10.4 Å². The molecule has 0 aliphatic rings. The second kappa shape index (κ2) is 5.50. The summed E-state index contributed by atoms with van der Waals surface area (Å²) in [5.41, 5.74) is 0.955. The van der Waals surface area contributed by atoms with Gasteiger partial charge < -0.3 is 5.32 Å². The number of halogens is 3. The molecule has 1 N–H and O–H groups in total.